The van der Waals surface area contributed by atoms with Crippen LogP contribution in [0.25, 0.3) is 10.9 Å². The van der Waals surface area contributed by atoms with E-state index in [1.807, 2.05) is 48.5 Å². The molecule has 0 unspecified atom stereocenters. The van der Waals surface area contributed by atoms with Crippen molar-refractivity contribution in [1.29, 1.82) is 0 Å². The van der Waals surface area contributed by atoms with Gasteiger partial charge in [0.15, 0.2) is 0 Å². The second-order valence-corrected chi connectivity index (χ2v) is 7.59. The summed E-state index contributed by atoms with van der Waals surface area (Å²) in [6.45, 7) is 1.57. The van der Waals surface area contributed by atoms with Gasteiger partial charge in [-0.05, 0) is 43.2 Å². The number of aromatic nitrogens is 2. The number of amides is 2. The fraction of sp³-hybridized carbons (Fsp3) is 0.250. The molecule has 28 heavy (non-hydrogen) atoms. The molecule has 0 radical (unpaired) electrons. The van der Waals surface area contributed by atoms with Crippen LogP contribution in [0.15, 0.2) is 54.9 Å². The first kappa shape index (κ1) is 18.8. The molecule has 1 aliphatic rings. The number of para-hydroxylation sites is 1. The lowest BCUT2D eigenvalue weighted by Gasteiger charge is -2.36. The van der Waals surface area contributed by atoms with Crippen LogP contribution in [0.3, 0.4) is 0 Å². The van der Waals surface area contributed by atoms with Gasteiger partial charge in [-0.3, -0.25) is 4.31 Å². The minimum Gasteiger partial charge on any atom is -0.356 e. The van der Waals surface area contributed by atoms with Gasteiger partial charge in [-0.25, -0.2) is 14.8 Å². The Hall–Kier alpha value is -2.51. The maximum absolute atomic E-state index is 12.5. The second-order valence-electron chi connectivity index (χ2n) is 6.72. The normalized spacial score (nSPS) is 14.9. The number of anilines is 2. The summed E-state index contributed by atoms with van der Waals surface area (Å²) >= 11 is 10.5. The molecule has 0 aliphatic carbocycles. The van der Waals surface area contributed by atoms with Gasteiger partial charge in [0.2, 0.25) is 0 Å². The molecule has 6 nitrogen and oxygen atoms in total. The number of hydrogen-bond donors (Lipinski definition) is 2. The summed E-state index contributed by atoms with van der Waals surface area (Å²) in [5.41, 5.74) is 1.59. The van der Waals surface area contributed by atoms with Crippen molar-refractivity contribution in [3.8, 4) is 0 Å². The number of carbonyl (C=O) groups is 1. The van der Waals surface area contributed by atoms with Gasteiger partial charge < -0.3 is 10.2 Å². The number of fused-ring (bicyclic) bond motifs is 1. The standard InChI is InChI=1S/C20H20ClN5OS/c21-14-6-7-17-18(12-14)22-13-23-19(17)25-10-8-16(9-11-25)26(28)20(27)24-15-4-2-1-3-5-15/h1-7,12-13,16,28H,8-11H2,(H,24,27). The van der Waals surface area contributed by atoms with Gasteiger partial charge in [-0.1, -0.05) is 42.6 Å². The Kier molecular flexibility index (Phi) is 5.54. The minimum absolute atomic E-state index is 0.0610. The maximum Gasteiger partial charge on any atom is 0.331 e. The molecule has 1 saturated heterocycles. The third kappa shape index (κ3) is 4.00. The summed E-state index contributed by atoms with van der Waals surface area (Å²) < 4.78 is 1.50. The number of rotatable bonds is 3. The molecule has 1 aromatic heterocycles. The van der Waals surface area contributed by atoms with E-state index in [-0.39, 0.29) is 12.1 Å². The summed E-state index contributed by atoms with van der Waals surface area (Å²) in [6.07, 6.45) is 3.19. The molecule has 0 saturated carbocycles. The van der Waals surface area contributed by atoms with E-state index in [9.17, 15) is 4.79 Å². The van der Waals surface area contributed by atoms with Crippen molar-refractivity contribution in [2.24, 2.45) is 0 Å². The highest BCUT2D eigenvalue weighted by Gasteiger charge is 2.27. The average Bonchev–Trinajstić information content (AvgIpc) is 2.73. The van der Waals surface area contributed by atoms with E-state index >= 15 is 0 Å². The number of nitrogens with zero attached hydrogens (tertiary/aromatic N) is 4. The lowest BCUT2D eigenvalue weighted by atomic mass is 10.0. The fourth-order valence-electron chi connectivity index (χ4n) is 3.46. The monoisotopic (exact) mass is 413 g/mol. The highest BCUT2D eigenvalue weighted by molar-refractivity contribution is 7.78. The van der Waals surface area contributed by atoms with Crippen molar-refractivity contribution in [2.75, 3.05) is 23.3 Å². The van der Waals surface area contributed by atoms with Crippen molar-refractivity contribution in [1.82, 2.24) is 14.3 Å². The zero-order valence-corrected chi connectivity index (χ0v) is 16.8. The molecule has 4 rings (SSSR count). The van der Waals surface area contributed by atoms with Crippen LogP contribution in [0.4, 0.5) is 16.3 Å². The maximum atomic E-state index is 12.5. The first-order valence-electron chi connectivity index (χ1n) is 9.11. The SMILES string of the molecule is O=C(Nc1ccccc1)N(S)C1CCN(c2ncnc3cc(Cl)ccc23)CC1. The Bertz CT molecular complexity index is 979. The Morgan fingerprint density at radius 3 is 2.64 bits per heavy atom. The van der Waals surface area contributed by atoms with E-state index in [4.69, 9.17) is 11.6 Å². The van der Waals surface area contributed by atoms with Crippen molar-refractivity contribution < 1.29 is 4.79 Å². The van der Waals surface area contributed by atoms with Gasteiger partial charge in [0.05, 0.1) is 5.52 Å². The van der Waals surface area contributed by atoms with Crippen LogP contribution in [0.1, 0.15) is 12.8 Å². The lowest BCUT2D eigenvalue weighted by molar-refractivity contribution is 0.223. The molecule has 0 atom stereocenters. The van der Waals surface area contributed by atoms with Gasteiger partial charge in [0.25, 0.3) is 0 Å². The van der Waals surface area contributed by atoms with Crippen molar-refractivity contribution >= 4 is 52.9 Å². The zero-order valence-electron chi connectivity index (χ0n) is 15.1. The first-order chi connectivity index (χ1) is 13.6. The molecule has 1 fully saturated rings. The van der Waals surface area contributed by atoms with Crippen molar-refractivity contribution in [3.63, 3.8) is 0 Å². The molecule has 144 valence electrons. The molecule has 0 bridgehead atoms. The fourth-order valence-corrected chi connectivity index (χ4v) is 3.91. The topological polar surface area (TPSA) is 61.4 Å². The van der Waals surface area contributed by atoms with E-state index < -0.39 is 0 Å². The van der Waals surface area contributed by atoms with E-state index in [0.29, 0.717) is 5.02 Å². The van der Waals surface area contributed by atoms with Crippen LogP contribution in [-0.4, -0.2) is 39.4 Å². The van der Waals surface area contributed by atoms with Crippen LogP contribution >= 0.6 is 24.4 Å². The molecular formula is C20H20ClN5OS. The number of thiol groups is 1. The Morgan fingerprint density at radius 2 is 1.89 bits per heavy atom. The highest BCUT2D eigenvalue weighted by atomic mass is 35.5. The highest BCUT2D eigenvalue weighted by Crippen LogP contribution is 2.29. The van der Waals surface area contributed by atoms with Crippen molar-refractivity contribution in [2.45, 2.75) is 18.9 Å². The van der Waals surface area contributed by atoms with E-state index in [1.165, 1.54) is 4.31 Å². The van der Waals surface area contributed by atoms with Crippen LogP contribution in [0.2, 0.25) is 5.02 Å². The van der Waals surface area contributed by atoms with E-state index in [1.54, 1.807) is 6.33 Å². The van der Waals surface area contributed by atoms with Crippen molar-refractivity contribution in [3.05, 3.63) is 59.9 Å². The Labute approximate surface area is 174 Å². The number of hydrogen-bond acceptors (Lipinski definition) is 5. The Morgan fingerprint density at radius 1 is 1.14 bits per heavy atom. The smallest absolute Gasteiger partial charge is 0.331 e. The molecule has 8 heteroatoms. The van der Waals surface area contributed by atoms with Crippen LogP contribution < -0.4 is 10.2 Å². The number of halogens is 1. The number of nitrogens with one attached hydrogen (secondary N) is 1. The summed E-state index contributed by atoms with van der Waals surface area (Å²) in [5.74, 6) is 0.902. The first-order valence-corrected chi connectivity index (χ1v) is 9.89. The summed E-state index contributed by atoms with van der Waals surface area (Å²) in [5, 5.41) is 4.51. The number of carbonyl (C=O) groups excluding carboxylic acids is 1. The van der Waals surface area contributed by atoms with Crippen LogP contribution in [-0.2, 0) is 0 Å². The minimum atomic E-state index is -0.213. The molecule has 2 amide bonds. The van der Waals surface area contributed by atoms with Gasteiger partial charge >= 0.3 is 6.03 Å². The number of benzene rings is 2. The van der Waals surface area contributed by atoms with Gasteiger partial charge in [0.1, 0.15) is 12.1 Å². The molecule has 1 aliphatic heterocycles. The predicted molar refractivity (Wildman–Crippen MR) is 116 cm³/mol. The average molecular weight is 414 g/mol. The van der Waals surface area contributed by atoms with Gasteiger partial charge in [0, 0.05) is 35.2 Å². The third-order valence-electron chi connectivity index (χ3n) is 4.92. The second kappa shape index (κ2) is 8.24. The molecule has 1 N–H and O–H groups in total. The Balaban J connectivity index is 1.41. The molecule has 0 spiro atoms. The van der Waals surface area contributed by atoms with Crippen LogP contribution in [0.5, 0.6) is 0 Å². The van der Waals surface area contributed by atoms with E-state index in [0.717, 1.165) is 48.3 Å². The van der Waals surface area contributed by atoms with Gasteiger partial charge in [-0.15, -0.1) is 0 Å². The molecule has 2 heterocycles. The van der Waals surface area contributed by atoms with Crippen LogP contribution in [0, 0.1) is 0 Å². The largest absolute Gasteiger partial charge is 0.356 e. The van der Waals surface area contributed by atoms with Gasteiger partial charge in [-0.2, -0.15) is 0 Å². The summed E-state index contributed by atoms with van der Waals surface area (Å²) in [7, 11) is 0. The molecule has 3 aromatic rings. The number of urea groups is 1. The molecular weight excluding hydrogens is 394 g/mol. The quantitative estimate of drug-likeness (QED) is 0.614. The predicted octanol–water partition coefficient (Wildman–Crippen LogP) is 4.63. The summed E-state index contributed by atoms with van der Waals surface area (Å²) in [4.78, 5) is 23.5. The van der Waals surface area contributed by atoms with E-state index in [2.05, 4.69) is 33.0 Å². The lowest BCUT2D eigenvalue weighted by Crippen LogP contribution is -2.45. The summed E-state index contributed by atoms with van der Waals surface area (Å²) in [6, 6.07) is 14.9. The third-order valence-corrected chi connectivity index (χ3v) is 5.66. The zero-order chi connectivity index (χ0) is 19.5. The molecule has 2 aromatic carbocycles. The number of piperidine rings is 1.